The van der Waals surface area contributed by atoms with Gasteiger partial charge in [0, 0.05) is 7.05 Å². The average Bonchev–Trinajstić information content (AvgIpc) is 2.92. The zero-order valence-corrected chi connectivity index (χ0v) is 21.3. The smallest absolute Gasteiger partial charge is 0.255 e. The standard InChI is InChI=1S/C28H27N3O5S/c1-31(37(33,34)25-14-13-23-10-6-7-11-24(23)17-25)19-28(32)30-29-18-22-12-15-26(27(16-22)35-2)36-20-21-8-4-3-5-9-21/h3-18H,19-20H2,1-2H3,(H,30,32)/b29-18+. The first-order valence-corrected chi connectivity index (χ1v) is 12.9. The SMILES string of the molecule is COc1cc(/C=N/NC(=O)CN(C)S(=O)(=O)c2ccc3ccccc3c2)ccc1OCc1ccccc1. The number of ether oxygens (including phenoxy) is 2. The number of carbonyl (C=O) groups excluding carboxylic acids is 1. The van der Waals surface area contributed by atoms with Crippen LogP contribution in [0.3, 0.4) is 0 Å². The van der Waals surface area contributed by atoms with Gasteiger partial charge in [0.15, 0.2) is 11.5 Å². The highest BCUT2D eigenvalue weighted by molar-refractivity contribution is 7.89. The molecule has 0 saturated carbocycles. The van der Waals surface area contributed by atoms with Gasteiger partial charge in [-0.2, -0.15) is 9.41 Å². The number of likely N-dealkylation sites (N-methyl/N-ethyl adjacent to an activating group) is 1. The predicted octanol–water partition coefficient (Wildman–Crippen LogP) is 4.20. The summed E-state index contributed by atoms with van der Waals surface area (Å²) in [6.07, 6.45) is 1.44. The van der Waals surface area contributed by atoms with Gasteiger partial charge in [-0.05, 0) is 52.2 Å². The molecule has 0 aromatic heterocycles. The molecule has 0 aliphatic carbocycles. The van der Waals surface area contributed by atoms with Gasteiger partial charge in [0.2, 0.25) is 10.0 Å². The van der Waals surface area contributed by atoms with Crippen molar-refractivity contribution in [2.45, 2.75) is 11.5 Å². The van der Waals surface area contributed by atoms with Crippen LogP contribution in [0.1, 0.15) is 11.1 Å². The summed E-state index contributed by atoms with van der Waals surface area (Å²) in [5, 5.41) is 5.68. The Labute approximate surface area is 216 Å². The summed E-state index contributed by atoms with van der Waals surface area (Å²) in [6, 6.07) is 27.4. The molecule has 9 heteroatoms. The quantitative estimate of drug-likeness (QED) is 0.251. The van der Waals surface area contributed by atoms with Crippen LogP contribution in [-0.2, 0) is 21.4 Å². The lowest BCUT2D eigenvalue weighted by atomic mass is 10.1. The van der Waals surface area contributed by atoms with Gasteiger partial charge >= 0.3 is 0 Å². The molecule has 0 aliphatic heterocycles. The fourth-order valence-electron chi connectivity index (χ4n) is 3.63. The van der Waals surface area contributed by atoms with Crippen molar-refractivity contribution in [1.82, 2.24) is 9.73 Å². The number of nitrogens with one attached hydrogen (secondary N) is 1. The summed E-state index contributed by atoms with van der Waals surface area (Å²) in [6.45, 7) is 0.0123. The van der Waals surface area contributed by atoms with Crippen molar-refractivity contribution < 1.29 is 22.7 Å². The van der Waals surface area contributed by atoms with Crippen molar-refractivity contribution in [1.29, 1.82) is 0 Å². The molecule has 0 unspecified atom stereocenters. The second-order valence-corrected chi connectivity index (χ2v) is 10.3. The largest absolute Gasteiger partial charge is 0.493 e. The second-order valence-electron chi connectivity index (χ2n) is 8.25. The molecule has 8 nitrogen and oxygen atoms in total. The highest BCUT2D eigenvalue weighted by Crippen LogP contribution is 2.28. The van der Waals surface area contributed by atoms with Gasteiger partial charge in [0.25, 0.3) is 5.91 Å². The van der Waals surface area contributed by atoms with Crippen LogP contribution in [0.25, 0.3) is 10.8 Å². The molecule has 190 valence electrons. The Morgan fingerprint density at radius 3 is 2.41 bits per heavy atom. The molecule has 0 saturated heterocycles. The lowest BCUT2D eigenvalue weighted by Gasteiger charge is -2.16. The van der Waals surface area contributed by atoms with E-state index in [1.54, 1.807) is 37.4 Å². The number of sulfonamides is 1. The van der Waals surface area contributed by atoms with E-state index in [9.17, 15) is 13.2 Å². The molecule has 1 amide bonds. The van der Waals surface area contributed by atoms with Gasteiger partial charge in [-0.15, -0.1) is 0 Å². The maximum Gasteiger partial charge on any atom is 0.255 e. The minimum atomic E-state index is -3.85. The molecule has 4 aromatic rings. The molecule has 37 heavy (non-hydrogen) atoms. The third-order valence-corrected chi connectivity index (χ3v) is 7.42. The molecular formula is C28H27N3O5S. The van der Waals surface area contributed by atoms with Gasteiger partial charge in [-0.1, -0.05) is 60.7 Å². The highest BCUT2D eigenvalue weighted by atomic mass is 32.2. The third kappa shape index (κ3) is 6.52. The zero-order valence-electron chi connectivity index (χ0n) is 20.5. The lowest BCUT2D eigenvalue weighted by Crippen LogP contribution is -2.36. The summed E-state index contributed by atoms with van der Waals surface area (Å²) < 4.78 is 38.1. The van der Waals surface area contributed by atoms with E-state index >= 15 is 0 Å². The average molecular weight is 518 g/mol. The van der Waals surface area contributed by atoms with Crippen LogP contribution in [0, 0.1) is 0 Å². The number of hydrazone groups is 1. The number of fused-ring (bicyclic) bond motifs is 1. The summed E-state index contributed by atoms with van der Waals surface area (Å²) in [5.74, 6) is 0.526. The van der Waals surface area contributed by atoms with E-state index in [0.717, 1.165) is 20.6 Å². The topological polar surface area (TPSA) is 97.3 Å². The monoisotopic (exact) mass is 517 g/mol. The Morgan fingerprint density at radius 2 is 1.65 bits per heavy atom. The highest BCUT2D eigenvalue weighted by Gasteiger charge is 2.23. The van der Waals surface area contributed by atoms with E-state index in [1.807, 2.05) is 54.6 Å². The molecular weight excluding hydrogens is 490 g/mol. The van der Waals surface area contributed by atoms with E-state index in [-0.39, 0.29) is 11.4 Å². The fraction of sp³-hybridized carbons (Fsp3) is 0.143. The van der Waals surface area contributed by atoms with Crippen LogP contribution in [0.4, 0.5) is 0 Å². The van der Waals surface area contributed by atoms with Gasteiger partial charge in [-0.3, -0.25) is 4.79 Å². The Kier molecular flexibility index (Phi) is 8.17. The van der Waals surface area contributed by atoms with Crippen LogP contribution in [0.15, 0.2) is 101 Å². The van der Waals surface area contributed by atoms with Crippen molar-refractivity contribution >= 4 is 32.9 Å². The van der Waals surface area contributed by atoms with E-state index in [0.29, 0.717) is 23.7 Å². The summed E-state index contributed by atoms with van der Waals surface area (Å²) in [7, 11) is -0.957. The summed E-state index contributed by atoms with van der Waals surface area (Å²) in [5.41, 5.74) is 4.07. The van der Waals surface area contributed by atoms with E-state index in [1.165, 1.54) is 19.3 Å². The predicted molar refractivity (Wildman–Crippen MR) is 143 cm³/mol. The Morgan fingerprint density at radius 1 is 0.919 bits per heavy atom. The first-order chi connectivity index (χ1) is 17.9. The molecule has 0 radical (unpaired) electrons. The molecule has 0 fully saturated rings. The molecule has 0 aliphatic rings. The van der Waals surface area contributed by atoms with Crippen molar-refractivity contribution in [3.05, 3.63) is 102 Å². The second kappa shape index (κ2) is 11.7. The Bertz CT molecular complexity index is 1520. The van der Waals surface area contributed by atoms with Crippen LogP contribution in [-0.4, -0.2) is 45.5 Å². The molecule has 1 N–H and O–H groups in total. The van der Waals surface area contributed by atoms with Crippen LogP contribution in [0.2, 0.25) is 0 Å². The Balaban J connectivity index is 1.34. The van der Waals surface area contributed by atoms with Gasteiger partial charge in [0.1, 0.15) is 6.61 Å². The fourth-order valence-corrected chi connectivity index (χ4v) is 4.79. The molecule has 0 heterocycles. The number of hydrogen-bond donors (Lipinski definition) is 1. The minimum Gasteiger partial charge on any atom is -0.493 e. The van der Waals surface area contributed by atoms with Crippen molar-refractivity contribution in [2.24, 2.45) is 5.10 Å². The minimum absolute atomic E-state index is 0.117. The Hall–Kier alpha value is -4.21. The lowest BCUT2D eigenvalue weighted by molar-refractivity contribution is -0.121. The van der Waals surface area contributed by atoms with E-state index < -0.39 is 15.9 Å². The molecule has 4 rings (SSSR count). The van der Waals surface area contributed by atoms with E-state index in [4.69, 9.17) is 9.47 Å². The first-order valence-electron chi connectivity index (χ1n) is 11.5. The third-order valence-electron chi connectivity index (χ3n) is 5.62. The van der Waals surface area contributed by atoms with E-state index in [2.05, 4.69) is 10.5 Å². The molecule has 4 aromatic carbocycles. The van der Waals surface area contributed by atoms with Gasteiger partial charge in [-0.25, -0.2) is 13.8 Å². The number of rotatable bonds is 10. The van der Waals surface area contributed by atoms with Crippen LogP contribution >= 0.6 is 0 Å². The summed E-state index contributed by atoms with van der Waals surface area (Å²) in [4.78, 5) is 12.5. The molecule has 0 bridgehead atoms. The number of nitrogens with zero attached hydrogens (tertiary/aromatic N) is 2. The number of benzene rings is 4. The van der Waals surface area contributed by atoms with Crippen LogP contribution < -0.4 is 14.9 Å². The van der Waals surface area contributed by atoms with Crippen molar-refractivity contribution in [3.8, 4) is 11.5 Å². The van der Waals surface area contributed by atoms with Crippen LogP contribution in [0.5, 0.6) is 11.5 Å². The molecule has 0 spiro atoms. The van der Waals surface area contributed by atoms with Gasteiger partial charge < -0.3 is 9.47 Å². The van der Waals surface area contributed by atoms with Gasteiger partial charge in [0.05, 0.1) is 24.8 Å². The molecule has 0 atom stereocenters. The van der Waals surface area contributed by atoms with Crippen molar-refractivity contribution in [3.63, 3.8) is 0 Å². The number of carbonyl (C=O) groups is 1. The normalized spacial score (nSPS) is 11.6. The number of methoxy groups -OCH3 is 1. The first kappa shape index (κ1) is 25.9. The summed E-state index contributed by atoms with van der Waals surface area (Å²) >= 11 is 0. The zero-order chi connectivity index (χ0) is 26.3. The number of hydrogen-bond acceptors (Lipinski definition) is 6. The van der Waals surface area contributed by atoms with Crippen molar-refractivity contribution in [2.75, 3.05) is 20.7 Å². The number of amides is 1. The maximum atomic E-state index is 12.9. The maximum absolute atomic E-state index is 12.9.